The lowest BCUT2D eigenvalue weighted by atomic mass is 10.2. The van der Waals surface area contributed by atoms with Crippen LogP contribution in [0.2, 0.25) is 5.02 Å². The van der Waals surface area contributed by atoms with Crippen LogP contribution in [0.25, 0.3) is 0 Å². The maximum atomic E-state index is 13.3. The molecule has 0 fully saturated rings. The van der Waals surface area contributed by atoms with Gasteiger partial charge in [0.2, 0.25) is 0 Å². The van der Waals surface area contributed by atoms with Gasteiger partial charge in [0.25, 0.3) is 5.91 Å². The SMILES string of the molecule is O=C(Nc1ccccc1F)c1ccc(F)cc1Cl. The van der Waals surface area contributed by atoms with Gasteiger partial charge >= 0.3 is 0 Å². The molecule has 0 atom stereocenters. The summed E-state index contributed by atoms with van der Waals surface area (Å²) >= 11 is 5.74. The van der Waals surface area contributed by atoms with Crippen molar-refractivity contribution in [3.63, 3.8) is 0 Å². The lowest BCUT2D eigenvalue weighted by Gasteiger charge is -2.07. The van der Waals surface area contributed by atoms with E-state index in [1.54, 1.807) is 6.07 Å². The number of amides is 1. The summed E-state index contributed by atoms with van der Waals surface area (Å²) in [6.45, 7) is 0. The molecule has 92 valence electrons. The van der Waals surface area contributed by atoms with Crippen molar-refractivity contribution in [3.8, 4) is 0 Å². The zero-order chi connectivity index (χ0) is 13.1. The highest BCUT2D eigenvalue weighted by Crippen LogP contribution is 2.20. The molecule has 2 nitrogen and oxygen atoms in total. The van der Waals surface area contributed by atoms with E-state index in [-0.39, 0.29) is 16.3 Å². The Morgan fingerprint density at radius 3 is 2.50 bits per heavy atom. The van der Waals surface area contributed by atoms with Gasteiger partial charge in [0, 0.05) is 0 Å². The molecule has 0 heterocycles. The first kappa shape index (κ1) is 12.5. The van der Waals surface area contributed by atoms with E-state index in [2.05, 4.69) is 5.32 Å². The van der Waals surface area contributed by atoms with Crippen LogP contribution < -0.4 is 5.32 Å². The predicted molar refractivity (Wildman–Crippen MR) is 65.8 cm³/mol. The number of benzene rings is 2. The van der Waals surface area contributed by atoms with Crippen molar-refractivity contribution in [2.24, 2.45) is 0 Å². The van der Waals surface area contributed by atoms with Crippen LogP contribution in [-0.4, -0.2) is 5.91 Å². The van der Waals surface area contributed by atoms with Gasteiger partial charge in [-0.3, -0.25) is 4.79 Å². The van der Waals surface area contributed by atoms with Gasteiger partial charge in [-0.05, 0) is 30.3 Å². The highest BCUT2D eigenvalue weighted by atomic mass is 35.5. The minimum absolute atomic E-state index is 0.0242. The van der Waals surface area contributed by atoms with Gasteiger partial charge in [0.15, 0.2) is 0 Å². The van der Waals surface area contributed by atoms with Crippen LogP contribution in [0.1, 0.15) is 10.4 Å². The number of hydrogen-bond acceptors (Lipinski definition) is 1. The first-order chi connectivity index (χ1) is 8.58. The second-order valence-electron chi connectivity index (χ2n) is 3.56. The maximum absolute atomic E-state index is 13.3. The topological polar surface area (TPSA) is 29.1 Å². The maximum Gasteiger partial charge on any atom is 0.257 e. The quantitative estimate of drug-likeness (QED) is 0.879. The van der Waals surface area contributed by atoms with E-state index in [0.29, 0.717) is 0 Å². The Kier molecular flexibility index (Phi) is 3.58. The Balaban J connectivity index is 2.25. The molecule has 0 saturated heterocycles. The third kappa shape index (κ3) is 2.65. The number of anilines is 1. The summed E-state index contributed by atoms with van der Waals surface area (Å²) in [5.41, 5.74) is 0.129. The van der Waals surface area contributed by atoms with Gasteiger partial charge in [0.1, 0.15) is 11.6 Å². The monoisotopic (exact) mass is 267 g/mol. The van der Waals surface area contributed by atoms with E-state index in [0.717, 1.165) is 12.1 Å². The van der Waals surface area contributed by atoms with E-state index < -0.39 is 17.5 Å². The molecule has 0 unspecified atom stereocenters. The summed E-state index contributed by atoms with van der Waals surface area (Å²) in [4.78, 5) is 11.8. The van der Waals surface area contributed by atoms with Crippen molar-refractivity contribution in [1.29, 1.82) is 0 Å². The fraction of sp³-hybridized carbons (Fsp3) is 0. The van der Waals surface area contributed by atoms with Crippen molar-refractivity contribution in [2.45, 2.75) is 0 Å². The normalized spacial score (nSPS) is 10.2. The average molecular weight is 268 g/mol. The van der Waals surface area contributed by atoms with Gasteiger partial charge in [-0.15, -0.1) is 0 Å². The Bertz CT molecular complexity index is 601. The molecule has 0 aromatic heterocycles. The summed E-state index contributed by atoms with van der Waals surface area (Å²) < 4.78 is 26.1. The molecule has 0 aliphatic carbocycles. The lowest BCUT2D eigenvalue weighted by Crippen LogP contribution is -2.13. The minimum atomic E-state index is -0.592. The van der Waals surface area contributed by atoms with E-state index >= 15 is 0 Å². The fourth-order valence-corrected chi connectivity index (χ4v) is 1.68. The highest BCUT2D eigenvalue weighted by Gasteiger charge is 2.12. The summed E-state index contributed by atoms with van der Waals surface area (Å²) in [5.74, 6) is -1.68. The summed E-state index contributed by atoms with van der Waals surface area (Å²) in [7, 11) is 0. The van der Waals surface area contributed by atoms with Crippen LogP contribution >= 0.6 is 11.6 Å². The molecule has 2 rings (SSSR count). The molecule has 0 bridgehead atoms. The second-order valence-corrected chi connectivity index (χ2v) is 3.97. The molecule has 0 saturated carbocycles. The van der Waals surface area contributed by atoms with Crippen molar-refractivity contribution in [2.75, 3.05) is 5.32 Å². The molecular formula is C13H8ClF2NO. The summed E-state index contributed by atoms with van der Waals surface area (Å²) in [6.07, 6.45) is 0. The van der Waals surface area contributed by atoms with Gasteiger partial charge in [-0.1, -0.05) is 23.7 Å². The number of carbonyl (C=O) groups excluding carboxylic acids is 1. The standard InChI is InChI=1S/C13H8ClF2NO/c14-10-7-8(15)5-6-9(10)13(18)17-12-4-2-1-3-11(12)16/h1-7H,(H,17,18). The molecule has 2 aromatic carbocycles. The third-order valence-electron chi connectivity index (χ3n) is 2.30. The largest absolute Gasteiger partial charge is 0.319 e. The second kappa shape index (κ2) is 5.14. The van der Waals surface area contributed by atoms with Crippen molar-refractivity contribution in [1.82, 2.24) is 0 Å². The molecule has 1 N–H and O–H groups in total. The Morgan fingerprint density at radius 2 is 1.83 bits per heavy atom. The Morgan fingerprint density at radius 1 is 1.11 bits per heavy atom. The van der Waals surface area contributed by atoms with Gasteiger partial charge in [-0.25, -0.2) is 8.78 Å². The van der Waals surface area contributed by atoms with Crippen LogP contribution in [0.4, 0.5) is 14.5 Å². The summed E-state index contributed by atoms with van der Waals surface area (Å²) in [6, 6.07) is 9.13. The van der Waals surface area contributed by atoms with Crippen molar-refractivity contribution < 1.29 is 13.6 Å². The number of nitrogens with one attached hydrogen (secondary N) is 1. The first-order valence-corrected chi connectivity index (χ1v) is 5.46. The molecule has 0 radical (unpaired) electrons. The van der Waals surface area contributed by atoms with E-state index in [1.165, 1.54) is 24.3 Å². The number of carbonyl (C=O) groups is 1. The predicted octanol–water partition coefficient (Wildman–Crippen LogP) is 3.87. The number of para-hydroxylation sites is 1. The van der Waals surface area contributed by atoms with Crippen molar-refractivity contribution >= 4 is 23.2 Å². The van der Waals surface area contributed by atoms with Gasteiger partial charge < -0.3 is 5.32 Å². The first-order valence-electron chi connectivity index (χ1n) is 5.09. The molecule has 5 heteroatoms. The molecule has 18 heavy (non-hydrogen) atoms. The summed E-state index contributed by atoms with van der Waals surface area (Å²) in [5, 5.41) is 2.34. The van der Waals surface area contributed by atoms with Crippen LogP contribution in [0.3, 0.4) is 0 Å². The number of rotatable bonds is 2. The fourth-order valence-electron chi connectivity index (χ4n) is 1.43. The Labute approximate surface area is 107 Å². The molecule has 0 spiro atoms. The van der Waals surface area contributed by atoms with Crippen LogP contribution in [0, 0.1) is 11.6 Å². The molecular weight excluding hydrogens is 260 g/mol. The number of hydrogen-bond donors (Lipinski definition) is 1. The lowest BCUT2D eigenvalue weighted by molar-refractivity contribution is 0.102. The highest BCUT2D eigenvalue weighted by molar-refractivity contribution is 6.34. The molecule has 2 aromatic rings. The molecule has 0 aliphatic heterocycles. The van der Waals surface area contributed by atoms with E-state index in [4.69, 9.17) is 11.6 Å². The van der Waals surface area contributed by atoms with Crippen molar-refractivity contribution in [3.05, 3.63) is 64.7 Å². The van der Waals surface area contributed by atoms with Crippen LogP contribution in [0.5, 0.6) is 0 Å². The molecule has 0 aliphatic rings. The van der Waals surface area contributed by atoms with Crippen LogP contribution in [-0.2, 0) is 0 Å². The van der Waals surface area contributed by atoms with Crippen LogP contribution in [0.15, 0.2) is 42.5 Å². The number of halogens is 3. The minimum Gasteiger partial charge on any atom is -0.319 e. The van der Waals surface area contributed by atoms with E-state index in [9.17, 15) is 13.6 Å². The third-order valence-corrected chi connectivity index (χ3v) is 2.61. The Hall–Kier alpha value is -1.94. The zero-order valence-electron chi connectivity index (χ0n) is 9.08. The average Bonchev–Trinajstić information content (AvgIpc) is 2.32. The van der Waals surface area contributed by atoms with Gasteiger partial charge in [0.05, 0.1) is 16.3 Å². The smallest absolute Gasteiger partial charge is 0.257 e. The zero-order valence-corrected chi connectivity index (χ0v) is 9.84. The van der Waals surface area contributed by atoms with Gasteiger partial charge in [-0.2, -0.15) is 0 Å². The molecule has 1 amide bonds. The van der Waals surface area contributed by atoms with E-state index in [1.807, 2.05) is 0 Å².